The van der Waals surface area contributed by atoms with E-state index in [2.05, 4.69) is 0 Å². The number of hydrogen-bond acceptors (Lipinski definition) is 18. The fourth-order valence-electron chi connectivity index (χ4n) is 4.42. The average Bonchev–Trinajstić information content (AvgIpc) is 3.95. The van der Waals surface area contributed by atoms with Gasteiger partial charge in [-0.05, 0) is 111 Å². The molecule has 0 aromatic carbocycles. The molecule has 60 heavy (non-hydrogen) atoms. The van der Waals surface area contributed by atoms with Gasteiger partial charge in [0.25, 0.3) is 0 Å². The molecule has 0 N–H and O–H groups in total. The Morgan fingerprint density at radius 3 is 0.683 bits per heavy atom. The van der Waals surface area contributed by atoms with Gasteiger partial charge in [-0.3, -0.25) is 0 Å². The molecule has 18 nitrogen and oxygen atoms in total. The fraction of sp³-hybridized carbons (Fsp3) is 1.00. The van der Waals surface area contributed by atoms with Gasteiger partial charge in [0.15, 0.2) is 0 Å². The van der Waals surface area contributed by atoms with Crippen molar-refractivity contribution in [2.24, 2.45) is 0 Å². The first kappa shape index (κ1) is 59.9. The van der Waals surface area contributed by atoms with Crippen LogP contribution in [0.25, 0.3) is 0 Å². The molecule has 6 rings (SSSR count). The van der Waals surface area contributed by atoms with Gasteiger partial charge in [-0.25, -0.2) is 0 Å². The maximum Gasteiger partial charge on any atom is 0.333 e. The Morgan fingerprint density at radius 1 is 0.300 bits per heavy atom. The van der Waals surface area contributed by atoms with Crippen LogP contribution in [0.2, 0.25) is 0 Å². The summed E-state index contributed by atoms with van der Waals surface area (Å²) in [6.07, 6.45) is 4.10. The van der Waals surface area contributed by atoms with Gasteiger partial charge in [0, 0.05) is 12.8 Å². The van der Waals surface area contributed by atoms with E-state index in [1.54, 1.807) is 0 Å². The lowest BCUT2D eigenvalue weighted by molar-refractivity contribution is 0.0332. The minimum atomic E-state index is -1.05. The summed E-state index contributed by atoms with van der Waals surface area (Å²) in [5, 5.41) is 0. The summed E-state index contributed by atoms with van der Waals surface area (Å²) in [5.41, 5.74) is 0. The van der Waals surface area contributed by atoms with Gasteiger partial charge in [-0.2, -0.15) is 0 Å². The summed E-state index contributed by atoms with van der Waals surface area (Å²) in [7, 11) is -6.12. The van der Waals surface area contributed by atoms with Crippen LogP contribution in [0.3, 0.4) is 0 Å². The Hall–Kier alpha value is 1.86. The van der Waals surface area contributed by atoms with Gasteiger partial charge in [-0.1, -0.05) is 0 Å². The lowest BCUT2D eigenvalue weighted by Gasteiger charge is -2.29. The molecule has 0 amide bonds. The molecular weight excluding hydrogens is 906 g/mol. The van der Waals surface area contributed by atoms with Crippen molar-refractivity contribution < 1.29 is 81.4 Å². The zero-order valence-electron chi connectivity index (χ0n) is 38.9. The van der Waals surface area contributed by atoms with Crippen LogP contribution in [0.15, 0.2) is 0 Å². The van der Waals surface area contributed by atoms with E-state index >= 15 is 0 Å². The van der Waals surface area contributed by atoms with Crippen molar-refractivity contribution in [3.05, 3.63) is 0 Å². The van der Waals surface area contributed by atoms with Crippen LogP contribution in [0.5, 0.6) is 0 Å². The highest BCUT2D eigenvalue weighted by molar-refractivity contribution is 7.43. The maximum absolute atomic E-state index is 5.42. The summed E-state index contributed by atoms with van der Waals surface area (Å²) < 4.78 is 94.7. The van der Waals surface area contributed by atoms with Crippen LogP contribution >= 0.6 is 51.6 Å². The van der Waals surface area contributed by atoms with Crippen molar-refractivity contribution in [1.29, 1.82) is 0 Å². The number of hydrogen-bond donors (Lipinski definition) is 0. The molecular formula is C36H78O18P6. The summed E-state index contributed by atoms with van der Waals surface area (Å²) >= 11 is 0. The van der Waals surface area contributed by atoms with Crippen LogP contribution < -0.4 is 0 Å². The van der Waals surface area contributed by atoms with Crippen molar-refractivity contribution in [3.63, 3.8) is 0 Å². The second-order valence-electron chi connectivity index (χ2n) is 13.5. The van der Waals surface area contributed by atoms with Crippen LogP contribution in [-0.4, -0.2) is 114 Å². The first-order valence-corrected chi connectivity index (χ1v) is 27.7. The van der Waals surface area contributed by atoms with E-state index in [0.717, 1.165) is 12.8 Å². The molecule has 10 atom stereocenters. The van der Waals surface area contributed by atoms with Gasteiger partial charge in [-0.15, -0.1) is 0 Å². The van der Waals surface area contributed by atoms with Gasteiger partial charge >= 0.3 is 51.6 Å². The second-order valence-corrected chi connectivity index (χ2v) is 20.4. The first-order chi connectivity index (χ1) is 28.6. The minimum absolute atomic E-state index is 0.178. The SMILES string of the molecule is CCOP1OC(C)C(C)O1.CCOP1OCCO1.CCOP1O[C@@H](C)C[C@H](C)O1.CCOP1O[C@@H](C)[C@H](C)O1.CCOP1O[C@H](C)C[C@@H](C)O1.CCOP1O[C@H](C)[C@@H](C)O1. The predicted molar refractivity (Wildman–Crippen MR) is 238 cm³/mol. The Morgan fingerprint density at radius 2 is 0.483 bits per heavy atom. The van der Waals surface area contributed by atoms with E-state index < -0.39 is 51.6 Å². The second kappa shape index (κ2) is 36.0. The number of rotatable bonds is 12. The van der Waals surface area contributed by atoms with Crippen molar-refractivity contribution >= 4 is 51.6 Å². The Bertz CT molecular complexity index is 882. The molecule has 6 fully saturated rings. The van der Waals surface area contributed by atoms with Gasteiger partial charge < -0.3 is 81.4 Å². The quantitative estimate of drug-likeness (QED) is 0.169. The van der Waals surface area contributed by atoms with E-state index in [1.807, 2.05) is 111 Å². The van der Waals surface area contributed by atoms with Gasteiger partial charge in [0.05, 0.1) is 114 Å². The molecule has 6 saturated heterocycles. The molecule has 0 bridgehead atoms. The largest absolute Gasteiger partial charge is 0.333 e. The van der Waals surface area contributed by atoms with Crippen molar-refractivity contribution in [2.75, 3.05) is 52.9 Å². The molecule has 24 heteroatoms. The third kappa shape index (κ3) is 27.5. The standard InChI is InChI=1S/2C7H15O3P.3C6H13O3P.C4H9O3P/c2*1-4-8-11-9-6(2)5-7(3)10-11;3*1-4-7-10-8-5(2)6(3)9-10;1-2-5-8-6-3-4-7-8/h2*6-7H,4-5H2,1-3H3;3*5-6H,4H2,1-3H3;2-4H2,1H3/t2*6-,7-;2*5-,6-;;/m1010../s1. The van der Waals surface area contributed by atoms with Crippen molar-refractivity contribution in [3.8, 4) is 0 Å². The highest BCUT2D eigenvalue weighted by atomic mass is 31.2. The van der Waals surface area contributed by atoms with Crippen molar-refractivity contribution in [2.45, 2.75) is 185 Å². The van der Waals surface area contributed by atoms with Gasteiger partial charge in [0.2, 0.25) is 0 Å². The van der Waals surface area contributed by atoms with E-state index in [1.165, 1.54) is 0 Å². The molecule has 0 spiro atoms. The smallest absolute Gasteiger partial charge is 0.313 e. The van der Waals surface area contributed by atoms with Crippen LogP contribution in [0.4, 0.5) is 0 Å². The average molecular weight is 985 g/mol. The molecule has 0 saturated carbocycles. The highest BCUT2D eigenvalue weighted by Gasteiger charge is 2.33. The van der Waals surface area contributed by atoms with Crippen LogP contribution in [0, 0.1) is 0 Å². The van der Waals surface area contributed by atoms with E-state index in [-0.39, 0.29) is 61.0 Å². The third-order valence-electron chi connectivity index (χ3n) is 7.77. The van der Waals surface area contributed by atoms with E-state index in [0.29, 0.717) is 52.9 Å². The fourth-order valence-corrected chi connectivity index (χ4v) is 11.4. The minimum Gasteiger partial charge on any atom is -0.313 e. The Balaban J connectivity index is 0.000000361. The lowest BCUT2D eigenvalue weighted by atomic mass is 10.2. The van der Waals surface area contributed by atoms with Crippen LogP contribution in [0.1, 0.15) is 124 Å². The predicted octanol–water partition coefficient (Wildman–Crippen LogP) is 12.4. The molecule has 6 heterocycles. The topological polar surface area (TPSA) is 166 Å². The molecule has 6 aliphatic rings. The summed E-state index contributed by atoms with van der Waals surface area (Å²) in [5.74, 6) is 0. The Labute approximate surface area is 369 Å². The Kier molecular flexibility index (Phi) is 35.9. The molecule has 0 aromatic rings. The zero-order chi connectivity index (χ0) is 45.0. The normalized spacial score (nSPS) is 35.7. The third-order valence-corrected chi connectivity index (χ3v) is 16.5. The molecule has 6 aliphatic heterocycles. The zero-order valence-corrected chi connectivity index (χ0v) is 44.2. The summed E-state index contributed by atoms with van der Waals surface area (Å²) in [4.78, 5) is 0. The lowest BCUT2D eigenvalue weighted by Crippen LogP contribution is -2.22. The summed E-state index contributed by atoms with van der Waals surface area (Å²) in [6.45, 7) is 37.1. The van der Waals surface area contributed by atoms with Crippen molar-refractivity contribution in [1.82, 2.24) is 0 Å². The molecule has 2 unspecified atom stereocenters. The molecule has 0 aliphatic carbocycles. The first-order valence-electron chi connectivity index (χ1n) is 21.1. The van der Waals surface area contributed by atoms with E-state index in [4.69, 9.17) is 81.4 Å². The molecule has 0 radical (unpaired) electrons. The molecule has 0 aromatic heterocycles. The summed E-state index contributed by atoms with van der Waals surface area (Å²) in [6, 6.07) is 0. The maximum atomic E-state index is 5.42. The van der Waals surface area contributed by atoms with Crippen LogP contribution in [-0.2, 0) is 81.4 Å². The van der Waals surface area contributed by atoms with Gasteiger partial charge in [0.1, 0.15) is 0 Å². The van der Waals surface area contributed by atoms with E-state index in [9.17, 15) is 0 Å². The monoisotopic (exact) mass is 984 g/mol. The highest BCUT2D eigenvalue weighted by Crippen LogP contribution is 2.51. The molecule has 360 valence electrons.